The monoisotopic (exact) mass is 305 g/mol. The Morgan fingerprint density at radius 1 is 1.36 bits per heavy atom. The number of rotatable bonds is 7. The van der Waals surface area contributed by atoms with Crippen LogP contribution in [0.25, 0.3) is 11.0 Å². The van der Waals surface area contributed by atoms with Crippen LogP contribution in [0.15, 0.2) is 29.1 Å². The molecule has 0 bridgehead atoms. The highest BCUT2D eigenvalue weighted by atomic mass is 16.4. The number of nitrogens with zero attached hydrogens (tertiary/aromatic N) is 1. The second-order valence-electron chi connectivity index (χ2n) is 5.16. The number of carbonyl (C=O) groups excluding carboxylic acids is 1. The van der Waals surface area contributed by atoms with E-state index in [2.05, 4.69) is 10.3 Å². The molecule has 22 heavy (non-hydrogen) atoms. The third-order valence-electron chi connectivity index (χ3n) is 3.52. The highest BCUT2D eigenvalue weighted by Crippen LogP contribution is 2.09. The number of benzene rings is 1. The second kappa shape index (κ2) is 6.93. The van der Waals surface area contributed by atoms with Gasteiger partial charge in [0.25, 0.3) is 0 Å². The van der Waals surface area contributed by atoms with E-state index >= 15 is 0 Å². The van der Waals surface area contributed by atoms with Crippen molar-refractivity contribution in [2.75, 3.05) is 6.54 Å². The molecule has 1 heterocycles. The molecule has 118 valence electrons. The standard InChI is InChI=1S/C15H19N3O4/c1-2-5-10(14(20)21)8-16-13(19)9-18-12-7-4-3-6-11(12)17-15(18)22/h3-4,6-7,10H,2,5,8-9H2,1H3,(H,16,19)(H,17,22)(H,20,21). The Morgan fingerprint density at radius 2 is 2.09 bits per heavy atom. The minimum absolute atomic E-state index is 0.0686. The first-order valence-electron chi connectivity index (χ1n) is 7.20. The number of carboxylic acids is 1. The van der Waals surface area contributed by atoms with Gasteiger partial charge in [-0.1, -0.05) is 25.5 Å². The van der Waals surface area contributed by atoms with Gasteiger partial charge in [-0.25, -0.2) is 4.79 Å². The first kappa shape index (κ1) is 15.8. The van der Waals surface area contributed by atoms with Gasteiger partial charge in [0.2, 0.25) is 5.91 Å². The molecule has 2 rings (SSSR count). The highest BCUT2D eigenvalue weighted by Gasteiger charge is 2.18. The molecule has 7 heteroatoms. The molecular weight excluding hydrogens is 286 g/mol. The Balaban J connectivity index is 2.03. The van der Waals surface area contributed by atoms with E-state index in [1.807, 2.05) is 6.92 Å². The molecule has 1 aromatic heterocycles. The number of aromatic amines is 1. The molecule has 2 aromatic rings. The maximum atomic E-state index is 12.0. The molecule has 7 nitrogen and oxygen atoms in total. The summed E-state index contributed by atoms with van der Waals surface area (Å²) in [5.41, 5.74) is 0.945. The summed E-state index contributed by atoms with van der Waals surface area (Å²) >= 11 is 0. The molecule has 0 saturated carbocycles. The van der Waals surface area contributed by atoms with Crippen LogP contribution in [0.1, 0.15) is 19.8 Å². The summed E-state index contributed by atoms with van der Waals surface area (Å²) in [6.07, 6.45) is 1.23. The molecular formula is C15H19N3O4. The molecule has 0 aliphatic carbocycles. The van der Waals surface area contributed by atoms with Crippen LogP contribution < -0.4 is 11.0 Å². The molecule has 1 atom stereocenters. The minimum Gasteiger partial charge on any atom is -0.481 e. The Labute approximate surface area is 127 Å². The van der Waals surface area contributed by atoms with Gasteiger partial charge < -0.3 is 15.4 Å². The lowest BCUT2D eigenvalue weighted by Gasteiger charge is -2.12. The summed E-state index contributed by atoms with van der Waals surface area (Å²) in [4.78, 5) is 37.5. The number of para-hydroxylation sites is 2. The predicted molar refractivity (Wildman–Crippen MR) is 81.6 cm³/mol. The van der Waals surface area contributed by atoms with Crippen molar-refractivity contribution in [2.24, 2.45) is 5.92 Å². The van der Waals surface area contributed by atoms with Crippen molar-refractivity contribution in [1.29, 1.82) is 0 Å². The zero-order chi connectivity index (χ0) is 16.1. The topological polar surface area (TPSA) is 104 Å². The Hall–Kier alpha value is -2.57. The smallest absolute Gasteiger partial charge is 0.326 e. The lowest BCUT2D eigenvalue weighted by Crippen LogP contribution is -2.36. The lowest BCUT2D eigenvalue weighted by atomic mass is 10.0. The van der Waals surface area contributed by atoms with Crippen molar-refractivity contribution >= 4 is 22.9 Å². The number of H-pyrrole nitrogens is 1. The van der Waals surface area contributed by atoms with Gasteiger partial charge in [0.15, 0.2) is 0 Å². The van der Waals surface area contributed by atoms with E-state index in [-0.39, 0.29) is 24.7 Å². The number of hydrogen-bond donors (Lipinski definition) is 3. The number of carbonyl (C=O) groups is 2. The third-order valence-corrected chi connectivity index (χ3v) is 3.52. The molecule has 3 N–H and O–H groups in total. The van der Waals surface area contributed by atoms with Gasteiger partial charge in [0, 0.05) is 6.54 Å². The van der Waals surface area contributed by atoms with Crippen molar-refractivity contribution in [3.05, 3.63) is 34.7 Å². The summed E-state index contributed by atoms with van der Waals surface area (Å²) < 4.78 is 1.33. The molecule has 0 aliphatic heterocycles. The molecule has 0 spiro atoms. The average Bonchev–Trinajstić information content (AvgIpc) is 2.79. The van der Waals surface area contributed by atoms with Gasteiger partial charge in [-0.3, -0.25) is 14.2 Å². The van der Waals surface area contributed by atoms with E-state index in [0.717, 1.165) is 6.42 Å². The van der Waals surface area contributed by atoms with Gasteiger partial charge in [-0.05, 0) is 18.6 Å². The van der Waals surface area contributed by atoms with Gasteiger partial charge in [-0.2, -0.15) is 0 Å². The summed E-state index contributed by atoms with van der Waals surface area (Å²) in [6.45, 7) is 1.82. The Bertz CT molecular complexity index is 732. The van der Waals surface area contributed by atoms with Gasteiger partial charge in [-0.15, -0.1) is 0 Å². The second-order valence-corrected chi connectivity index (χ2v) is 5.16. The SMILES string of the molecule is CCCC(CNC(=O)Cn1c(=O)[nH]c2ccccc21)C(=O)O. The van der Waals surface area contributed by atoms with Crippen LogP contribution in [0.2, 0.25) is 0 Å². The molecule has 0 fully saturated rings. The van der Waals surface area contributed by atoms with E-state index in [9.17, 15) is 14.4 Å². The number of carboxylic acid groups (broad SMARTS) is 1. The fourth-order valence-corrected chi connectivity index (χ4v) is 2.36. The van der Waals surface area contributed by atoms with Crippen LogP contribution in [0.5, 0.6) is 0 Å². The number of hydrogen-bond acceptors (Lipinski definition) is 3. The third kappa shape index (κ3) is 3.55. The predicted octanol–water partition coefficient (Wildman–Crippen LogP) is 0.947. The number of amides is 1. The van der Waals surface area contributed by atoms with Gasteiger partial charge in [0.05, 0.1) is 17.0 Å². The number of aromatic nitrogens is 2. The number of nitrogens with one attached hydrogen (secondary N) is 2. The van der Waals surface area contributed by atoms with E-state index < -0.39 is 11.9 Å². The van der Waals surface area contributed by atoms with Crippen molar-refractivity contribution in [1.82, 2.24) is 14.9 Å². The van der Waals surface area contributed by atoms with E-state index in [0.29, 0.717) is 17.5 Å². The molecule has 1 amide bonds. The summed E-state index contributed by atoms with van der Waals surface area (Å²) in [5.74, 6) is -1.91. The first-order valence-corrected chi connectivity index (χ1v) is 7.20. The lowest BCUT2D eigenvalue weighted by molar-refractivity contribution is -0.141. The van der Waals surface area contributed by atoms with E-state index in [1.165, 1.54) is 4.57 Å². The molecule has 1 unspecified atom stereocenters. The van der Waals surface area contributed by atoms with E-state index in [1.54, 1.807) is 24.3 Å². The van der Waals surface area contributed by atoms with Crippen LogP contribution in [0.3, 0.4) is 0 Å². The molecule has 0 saturated heterocycles. The van der Waals surface area contributed by atoms with Crippen molar-refractivity contribution in [3.63, 3.8) is 0 Å². The van der Waals surface area contributed by atoms with Crippen LogP contribution >= 0.6 is 0 Å². The summed E-state index contributed by atoms with van der Waals surface area (Å²) in [5, 5.41) is 11.6. The maximum absolute atomic E-state index is 12.0. The molecule has 0 aliphatic rings. The fourth-order valence-electron chi connectivity index (χ4n) is 2.36. The van der Waals surface area contributed by atoms with Gasteiger partial charge in [0.1, 0.15) is 6.54 Å². The normalized spacial score (nSPS) is 12.2. The van der Waals surface area contributed by atoms with Crippen LogP contribution in [0, 0.1) is 5.92 Å². The van der Waals surface area contributed by atoms with Crippen molar-refractivity contribution in [3.8, 4) is 0 Å². The highest BCUT2D eigenvalue weighted by molar-refractivity contribution is 5.81. The zero-order valence-corrected chi connectivity index (χ0v) is 12.3. The van der Waals surface area contributed by atoms with Crippen LogP contribution in [-0.2, 0) is 16.1 Å². The van der Waals surface area contributed by atoms with Gasteiger partial charge >= 0.3 is 11.7 Å². The fraction of sp³-hybridized carbons (Fsp3) is 0.400. The largest absolute Gasteiger partial charge is 0.481 e. The van der Waals surface area contributed by atoms with E-state index in [4.69, 9.17) is 5.11 Å². The maximum Gasteiger partial charge on any atom is 0.326 e. The van der Waals surface area contributed by atoms with Crippen molar-refractivity contribution in [2.45, 2.75) is 26.3 Å². The number of fused-ring (bicyclic) bond motifs is 1. The average molecular weight is 305 g/mol. The first-order chi connectivity index (χ1) is 10.5. The Kier molecular flexibility index (Phi) is 4.98. The molecule has 1 aromatic carbocycles. The Morgan fingerprint density at radius 3 is 2.77 bits per heavy atom. The van der Waals surface area contributed by atoms with Crippen molar-refractivity contribution < 1.29 is 14.7 Å². The summed E-state index contributed by atoms with van der Waals surface area (Å²) in [6, 6.07) is 7.08. The molecule has 0 radical (unpaired) electrons. The number of imidazole rings is 1. The van der Waals surface area contributed by atoms with Crippen LogP contribution in [0.4, 0.5) is 0 Å². The van der Waals surface area contributed by atoms with Crippen LogP contribution in [-0.4, -0.2) is 33.1 Å². The minimum atomic E-state index is -0.925. The number of aliphatic carboxylic acids is 1. The summed E-state index contributed by atoms with van der Waals surface area (Å²) in [7, 11) is 0. The quantitative estimate of drug-likeness (QED) is 0.708. The zero-order valence-electron chi connectivity index (χ0n) is 12.3.